The summed E-state index contributed by atoms with van der Waals surface area (Å²) in [5, 5.41) is 0. The maximum Gasteiger partial charge on any atom is 0.336 e. The third-order valence-corrected chi connectivity index (χ3v) is 6.61. The van der Waals surface area contributed by atoms with Crippen molar-refractivity contribution in [2.75, 3.05) is 13.2 Å². The molecule has 0 aromatic heterocycles. The van der Waals surface area contributed by atoms with Crippen molar-refractivity contribution < 1.29 is 19.1 Å². The summed E-state index contributed by atoms with van der Waals surface area (Å²) in [7, 11) is 0. The van der Waals surface area contributed by atoms with E-state index in [0.717, 1.165) is 38.3 Å². The number of nitrogens with zero attached hydrogens (tertiary/aromatic N) is 1. The first-order chi connectivity index (χ1) is 16.7. The maximum absolute atomic E-state index is 13.4. The fourth-order valence-corrected chi connectivity index (χ4v) is 4.31. The van der Waals surface area contributed by atoms with Crippen LogP contribution in [0.1, 0.15) is 61.0 Å². The lowest BCUT2D eigenvalue weighted by molar-refractivity contribution is -0.138. The zero-order valence-corrected chi connectivity index (χ0v) is 20.8. The zero-order chi connectivity index (χ0) is 25.3. The van der Waals surface area contributed by atoms with Gasteiger partial charge in [-0.15, -0.1) is 0 Å². The van der Waals surface area contributed by atoms with Crippen molar-refractivity contribution in [3.63, 3.8) is 0 Å². The van der Waals surface area contributed by atoms with Gasteiger partial charge in [-0.1, -0.05) is 48.5 Å². The largest absolute Gasteiger partial charge is 0.463 e. The molecule has 1 heterocycles. The predicted octanol–water partition coefficient (Wildman–Crippen LogP) is 5.58. The lowest BCUT2D eigenvalue weighted by atomic mass is 9.89. The number of rotatable bonds is 6. The fourth-order valence-electron chi connectivity index (χ4n) is 4.31. The molecule has 0 spiro atoms. The number of aryl methyl sites for hydroxylation is 4. The highest BCUT2D eigenvalue weighted by molar-refractivity contribution is 6.22. The summed E-state index contributed by atoms with van der Waals surface area (Å²) in [5.74, 6) is -1.37. The Balaban J connectivity index is 1.94. The monoisotopic (exact) mass is 467 g/mol. The van der Waals surface area contributed by atoms with E-state index < -0.39 is 17.8 Å². The van der Waals surface area contributed by atoms with Crippen LogP contribution in [0.25, 0.3) is 5.57 Å². The van der Waals surface area contributed by atoms with Crippen molar-refractivity contribution >= 4 is 23.4 Å². The summed E-state index contributed by atoms with van der Waals surface area (Å²) < 4.78 is 5.45. The maximum atomic E-state index is 13.4. The number of fused-ring (bicyclic) bond motifs is 1. The third kappa shape index (κ3) is 4.54. The van der Waals surface area contributed by atoms with Crippen molar-refractivity contribution in [2.45, 2.75) is 34.6 Å². The summed E-state index contributed by atoms with van der Waals surface area (Å²) in [6.45, 7) is 9.84. The number of esters is 1. The second kappa shape index (κ2) is 9.71. The van der Waals surface area contributed by atoms with Crippen LogP contribution in [0.3, 0.4) is 0 Å². The van der Waals surface area contributed by atoms with Gasteiger partial charge in [0.1, 0.15) is 0 Å². The summed E-state index contributed by atoms with van der Waals surface area (Å²) in [4.78, 5) is 40.8. The minimum atomic E-state index is -0.546. The van der Waals surface area contributed by atoms with Gasteiger partial charge < -0.3 is 4.74 Å². The average molecular weight is 468 g/mol. The van der Waals surface area contributed by atoms with E-state index in [2.05, 4.69) is 0 Å². The zero-order valence-electron chi connectivity index (χ0n) is 20.8. The van der Waals surface area contributed by atoms with E-state index in [9.17, 15) is 14.4 Å². The van der Waals surface area contributed by atoms with Crippen molar-refractivity contribution in [3.8, 4) is 0 Å². The van der Waals surface area contributed by atoms with E-state index in [0.29, 0.717) is 16.7 Å². The average Bonchev–Trinajstić information content (AvgIpc) is 3.08. The molecule has 2 amide bonds. The summed E-state index contributed by atoms with van der Waals surface area (Å²) >= 11 is 0. The number of ether oxygens (including phenoxy) is 1. The fraction of sp³-hybridized carbons (Fsp3) is 0.233. The third-order valence-electron chi connectivity index (χ3n) is 6.61. The molecule has 1 aliphatic rings. The molecule has 35 heavy (non-hydrogen) atoms. The molecule has 178 valence electrons. The van der Waals surface area contributed by atoms with Gasteiger partial charge in [0.2, 0.25) is 0 Å². The van der Waals surface area contributed by atoms with Gasteiger partial charge in [0.05, 0.1) is 29.9 Å². The first-order valence-corrected chi connectivity index (χ1v) is 11.7. The SMILES string of the molecule is CCOC(=O)C(CN1C(=O)c2ccccc2C1=O)=C(c1ccc(C)c(C)c1)c1ccc(C)c(C)c1. The van der Waals surface area contributed by atoms with E-state index in [1.165, 1.54) is 0 Å². The Kier molecular flexibility index (Phi) is 6.70. The van der Waals surface area contributed by atoms with Gasteiger partial charge in [0.25, 0.3) is 11.8 Å². The molecule has 5 nitrogen and oxygen atoms in total. The van der Waals surface area contributed by atoms with Crippen LogP contribution in [0, 0.1) is 27.7 Å². The van der Waals surface area contributed by atoms with E-state index in [4.69, 9.17) is 4.74 Å². The number of amides is 2. The Bertz CT molecular complexity index is 1290. The highest BCUT2D eigenvalue weighted by atomic mass is 16.5. The van der Waals surface area contributed by atoms with Crippen molar-refractivity contribution in [1.82, 2.24) is 4.90 Å². The van der Waals surface area contributed by atoms with Gasteiger partial charge in [0.15, 0.2) is 0 Å². The van der Waals surface area contributed by atoms with E-state index in [1.54, 1.807) is 31.2 Å². The lowest BCUT2D eigenvalue weighted by Crippen LogP contribution is -2.34. The first kappa shape index (κ1) is 24.1. The molecule has 0 atom stereocenters. The topological polar surface area (TPSA) is 63.7 Å². The molecule has 0 saturated heterocycles. The van der Waals surface area contributed by atoms with Gasteiger partial charge in [0, 0.05) is 5.57 Å². The van der Waals surface area contributed by atoms with Gasteiger partial charge in [-0.25, -0.2) is 4.79 Å². The Labute approximate surface area is 206 Å². The van der Waals surface area contributed by atoms with Crippen molar-refractivity contribution in [2.24, 2.45) is 0 Å². The van der Waals surface area contributed by atoms with Crippen LogP contribution >= 0.6 is 0 Å². The second-order valence-electron chi connectivity index (χ2n) is 8.91. The van der Waals surface area contributed by atoms with Crippen molar-refractivity contribution in [3.05, 3.63) is 111 Å². The highest BCUT2D eigenvalue weighted by Gasteiger charge is 2.37. The molecule has 4 rings (SSSR count). The standard InChI is InChI=1S/C30H29NO4/c1-6-35-30(34)26(17-31-28(32)24-9-7-8-10-25(24)29(31)33)27(22-13-11-18(2)20(4)15-22)23-14-12-19(3)21(5)16-23/h7-16H,6,17H2,1-5H3. The molecule has 3 aromatic rings. The van der Waals surface area contributed by atoms with Gasteiger partial charge in [-0.3, -0.25) is 14.5 Å². The molecular formula is C30H29NO4. The number of carbonyl (C=O) groups is 3. The minimum absolute atomic E-state index is 0.178. The quantitative estimate of drug-likeness (QED) is 0.270. The van der Waals surface area contributed by atoms with Gasteiger partial charge in [-0.2, -0.15) is 0 Å². The molecule has 0 unspecified atom stereocenters. The van der Waals surface area contributed by atoms with E-state index >= 15 is 0 Å². The molecule has 1 aliphatic heterocycles. The van der Waals surface area contributed by atoms with Crippen LogP contribution in [0.4, 0.5) is 0 Å². The minimum Gasteiger partial charge on any atom is -0.463 e. The Morgan fingerprint density at radius 1 is 0.743 bits per heavy atom. The molecule has 0 saturated carbocycles. The molecular weight excluding hydrogens is 438 g/mol. The smallest absolute Gasteiger partial charge is 0.336 e. The van der Waals surface area contributed by atoms with E-state index in [1.807, 2.05) is 64.1 Å². The van der Waals surface area contributed by atoms with Crippen LogP contribution in [0.5, 0.6) is 0 Å². The van der Waals surface area contributed by atoms with Crippen LogP contribution in [-0.2, 0) is 9.53 Å². The Hall–Kier alpha value is -3.99. The van der Waals surface area contributed by atoms with E-state index in [-0.39, 0.29) is 18.7 Å². The summed E-state index contributed by atoms with van der Waals surface area (Å²) in [6, 6.07) is 18.7. The first-order valence-electron chi connectivity index (χ1n) is 11.7. The predicted molar refractivity (Wildman–Crippen MR) is 136 cm³/mol. The number of hydrogen-bond donors (Lipinski definition) is 0. The number of benzene rings is 3. The molecule has 0 aliphatic carbocycles. The molecule has 0 bridgehead atoms. The molecule has 0 N–H and O–H groups in total. The van der Waals surface area contributed by atoms with Crippen LogP contribution in [-0.4, -0.2) is 35.8 Å². The van der Waals surface area contributed by atoms with Crippen LogP contribution in [0.2, 0.25) is 0 Å². The Morgan fingerprint density at radius 3 is 1.66 bits per heavy atom. The van der Waals surface area contributed by atoms with Crippen LogP contribution in [0.15, 0.2) is 66.2 Å². The highest BCUT2D eigenvalue weighted by Crippen LogP contribution is 2.32. The number of carbonyl (C=O) groups excluding carboxylic acids is 3. The molecule has 3 aromatic carbocycles. The summed E-state index contributed by atoms with van der Waals surface area (Å²) in [6.07, 6.45) is 0. The number of hydrogen-bond acceptors (Lipinski definition) is 4. The Morgan fingerprint density at radius 2 is 1.23 bits per heavy atom. The normalized spacial score (nSPS) is 12.5. The van der Waals surface area contributed by atoms with Crippen LogP contribution < -0.4 is 0 Å². The second-order valence-corrected chi connectivity index (χ2v) is 8.91. The van der Waals surface area contributed by atoms with Gasteiger partial charge >= 0.3 is 5.97 Å². The van der Waals surface area contributed by atoms with Gasteiger partial charge in [-0.05, 0) is 80.1 Å². The summed E-state index contributed by atoms with van der Waals surface area (Å²) in [5.41, 5.74) is 7.70. The molecule has 0 fully saturated rings. The molecule has 0 radical (unpaired) electrons. The lowest BCUT2D eigenvalue weighted by Gasteiger charge is -2.21. The molecule has 5 heteroatoms. The van der Waals surface area contributed by atoms with Crippen molar-refractivity contribution in [1.29, 1.82) is 0 Å². The number of imide groups is 1.